The quantitative estimate of drug-likeness (QED) is 0.315. The van der Waals surface area contributed by atoms with Crippen LogP contribution in [-0.2, 0) is 19.7 Å². The molecule has 7 nitrogen and oxygen atoms in total. The van der Waals surface area contributed by atoms with Gasteiger partial charge in [-0.25, -0.2) is 0 Å². The molecule has 1 saturated heterocycles. The lowest BCUT2D eigenvalue weighted by atomic mass is 10.1. The number of nitrogens with zero attached hydrogens (tertiary/aromatic N) is 1. The van der Waals surface area contributed by atoms with Crippen LogP contribution in [0, 0.1) is 0 Å². The predicted octanol–water partition coefficient (Wildman–Crippen LogP) is 1.82. The highest BCUT2D eigenvalue weighted by molar-refractivity contribution is 7.87. The minimum absolute atomic E-state index is 0.148. The average molecular weight is 415 g/mol. The van der Waals surface area contributed by atoms with Gasteiger partial charge in [0.05, 0.1) is 0 Å². The molecule has 148 valence electrons. The van der Waals surface area contributed by atoms with Gasteiger partial charge in [-0.05, 0) is 0 Å². The Morgan fingerprint density at radius 1 is 0.800 bits per heavy atom. The van der Waals surface area contributed by atoms with E-state index < -0.39 is 45.2 Å². The summed E-state index contributed by atoms with van der Waals surface area (Å²) in [5.74, 6) is -15.7. The minimum Gasteiger partial charge on any atom is -0.281 e. The van der Waals surface area contributed by atoms with Crippen LogP contribution < -0.4 is 0 Å². The summed E-state index contributed by atoms with van der Waals surface area (Å²) in [5.41, 5.74) is 0. The zero-order valence-electron chi connectivity index (χ0n) is 11.2. The summed E-state index contributed by atoms with van der Waals surface area (Å²) in [6, 6.07) is 0. The SMILES string of the molecule is O=C1CCC(=O)N1O.O=S(=O)(O)C(F)(F)C(F)(F)C(F)(F)C(F)(F)F. The Labute approximate surface area is 131 Å². The molecule has 1 aliphatic heterocycles. The molecule has 0 bridgehead atoms. The predicted molar refractivity (Wildman–Crippen MR) is 55.3 cm³/mol. The van der Waals surface area contributed by atoms with Gasteiger partial charge in [-0.15, -0.1) is 0 Å². The van der Waals surface area contributed by atoms with E-state index in [1.807, 2.05) is 0 Å². The molecule has 1 aliphatic rings. The highest BCUT2D eigenvalue weighted by Gasteiger charge is 2.85. The first kappa shape index (κ1) is 23.4. The molecule has 2 amide bonds. The highest BCUT2D eigenvalue weighted by atomic mass is 32.2. The molecule has 1 fully saturated rings. The van der Waals surface area contributed by atoms with Gasteiger partial charge in [-0.1, -0.05) is 0 Å². The Balaban J connectivity index is 0.000000593. The second kappa shape index (κ2) is 6.60. The molecular weight excluding hydrogens is 409 g/mol. The van der Waals surface area contributed by atoms with Crippen molar-refractivity contribution in [3.63, 3.8) is 0 Å². The van der Waals surface area contributed by atoms with Crippen LogP contribution in [0.3, 0.4) is 0 Å². The monoisotopic (exact) mass is 415 g/mol. The van der Waals surface area contributed by atoms with E-state index in [2.05, 4.69) is 0 Å². The maximum Gasteiger partial charge on any atom is 0.460 e. The summed E-state index contributed by atoms with van der Waals surface area (Å²) in [7, 11) is -7.17. The fourth-order valence-electron chi connectivity index (χ4n) is 1.09. The molecule has 1 rings (SSSR count). The van der Waals surface area contributed by atoms with Crippen LogP contribution in [0.5, 0.6) is 0 Å². The molecule has 17 heteroatoms. The van der Waals surface area contributed by atoms with E-state index in [-0.39, 0.29) is 17.9 Å². The average Bonchev–Trinajstić information content (AvgIpc) is 2.68. The smallest absolute Gasteiger partial charge is 0.281 e. The first-order valence-corrected chi connectivity index (χ1v) is 6.87. The molecule has 2 N–H and O–H groups in total. The minimum atomic E-state index is -7.37. The van der Waals surface area contributed by atoms with E-state index in [1.54, 1.807) is 0 Å². The van der Waals surface area contributed by atoms with Gasteiger partial charge in [-0.2, -0.15) is 53.0 Å². The Morgan fingerprint density at radius 2 is 1.12 bits per heavy atom. The van der Waals surface area contributed by atoms with Crippen LogP contribution in [0.15, 0.2) is 0 Å². The molecule has 1 heterocycles. The van der Waals surface area contributed by atoms with Gasteiger partial charge in [0.1, 0.15) is 0 Å². The molecule has 25 heavy (non-hydrogen) atoms. The lowest BCUT2D eigenvalue weighted by molar-refractivity contribution is -0.382. The molecule has 0 aromatic carbocycles. The van der Waals surface area contributed by atoms with Gasteiger partial charge in [0, 0.05) is 12.8 Å². The van der Waals surface area contributed by atoms with Crippen molar-refractivity contribution in [2.45, 2.75) is 36.1 Å². The molecule has 0 unspecified atom stereocenters. The highest BCUT2D eigenvalue weighted by Crippen LogP contribution is 2.54. The fourth-order valence-corrected chi connectivity index (χ4v) is 1.54. The summed E-state index contributed by atoms with van der Waals surface area (Å²) < 4.78 is 134. The second-order valence-electron chi connectivity index (χ2n) is 4.24. The van der Waals surface area contributed by atoms with Crippen molar-refractivity contribution in [2.75, 3.05) is 0 Å². The number of hydroxylamine groups is 2. The summed E-state index contributed by atoms with van der Waals surface area (Å²) in [6.07, 6.45) is -6.84. The van der Waals surface area contributed by atoms with Crippen LogP contribution in [0.4, 0.5) is 39.5 Å². The molecule has 0 aliphatic carbocycles. The van der Waals surface area contributed by atoms with Gasteiger partial charge in [0.25, 0.3) is 11.8 Å². The molecule has 0 spiro atoms. The van der Waals surface area contributed by atoms with Crippen molar-refractivity contribution in [1.82, 2.24) is 5.06 Å². The Morgan fingerprint density at radius 3 is 1.28 bits per heavy atom. The number of imide groups is 1. The molecule has 0 atom stereocenters. The molecule has 0 radical (unpaired) electrons. The maximum absolute atomic E-state index is 12.2. The van der Waals surface area contributed by atoms with E-state index >= 15 is 0 Å². The Bertz CT molecular complexity index is 627. The number of carbonyl (C=O) groups excluding carboxylic acids is 2. The van der Waals surface area contributed by atoms with Crippen LogP contribution >= 0.6 is 0 Å². The van der Waals surface area contributed by atoms with Crippen LogP contribution in [0.25, 0.3) is 0 Å². The van der Waals surface area contributed by atoms with E-state index in [4.69, 9.17) is 9.76 Å². The van der Waals surface area contributed by atoms with Gasteiger partial charge < -0.3 is 0 Å². The number of alkyl halides is 9. The Kier molecular flexibility index (Phi) is 6.17. The van der Waals surface area contributed by atoms with E-state index in [9.17, 15) is 57.5 Å². The molecule has 0 aromatic heterocycles. The summed E-state index contributed by atoms with van der Waals surface area (Å²) in [5, 5.41) is 1.57. The molecule has 0 aromatic rings. The normalized spacial score (nSPS) is 17.5. The third kappa shape index (κ3) is 4.14. The van der Waals surface area contributed by atoms with Gasteiger partial charge >= 0.3 is 33.4 Å². The lowest BCUT2D eigenvalue weighted by Crippen LogP contribution is -2.63. The summed E-state index contributed by atoms with van der Waals surface area (Å²) >= 11 is 0. The van der Waals surface area contributed by atoms with Gasteiger partial charge in [-0.3, -0.25) is 19.3 Å². The molecule has 0 saturated carbocycles. The first-order valence-electron chi connectivity index (χ1n) is 5.43. The largest absolute Gasteiger partial charge is 0.460 e. The maximum atomic E-state index is 12.2. The molecular formula is C8H6F9NO6S. The zero-order chi connectivity index (χ0) is 20.6. The van der Waals surface area contributed by atoms with E-state index in [0.29, 0.717) is 0 Å². The van der Waals surface area contributed by atoms with Crippen LogP contribution in [0.1, 0.15) is 12.8 Å². The number of hydrogen-bond donors (Lipinski definition) is 2. The number of carbonyl (C=O) groups is 2. The standard InChI is InChI=1S/C4HF9O3S.C4H5NO3/c5-1(6,3(9,10)11)2(7,8)4(12,13)17(14,15)16;6-3-1-2-4(7)5(3)8/h(H,14,15,16);8H,1-2H2. The van der Waals surface area contributed by atoms with Crippen molar-refractivity contribution in [3.05, 3.63) is 0 Å². The number of amides is 2. The number of halogens is 9. The third-order valence-corrected chi connectivity index (χ3v) is 3.37. The van der Waals surface area contributed by atoms with E-state index in [1.165, 1.54) is 0 Å². The zero-order valence-corrected chi connectivity index (χ0v) is 12.0. The van der Waals surface area contributed by atoms with Crippen LogP contribution in [-0.4, -0.2) is 58.3 Å². The van der Waals surface area contributed by atoms with E-state index in [0.717, 1.165) is 0 Å². The topological polar surface area (TPSA) is 112 Å². The summed E-state index contributed by atoms with van der Waals surface area (Å²) in [6.45, 7) is 0. The fraction of sp³-hybridized carbons (Fsp3) is 0.750. The second-order valence-corrected chi connectivity index (χ2v) is 5.70. The van der Waals surface area contributed by atoms with Gasteiger partial charge in [0.15, 0.2) is 0 Å². The van der Waals surface area contributed by atoms with Crippen molar-refractivity contribution >= 4 is 21.9 Å². The van der Waals surface area contributed by atoms with Crippen molar-refractivity contribution in [1.29, 1.82) is 0 Å². The van der Waals surface area contributed by atoms with Gasteiger partial charge in [0.2, 0.25) is 0 Å². The van der Waals surface area contributed by atoms with Crippen molar-refractivity contribution < 1.29 is 67.3 Å². The Hall–Kier alpha value is -1.62. The summed E-state index contributed by atoms with van der Waals surface area (Å²) in [4.78, 5) is 20.5. The van der Waals surface area contributed by atoms with Crippen molar-refractivity contribution in [2.24, 2.45) is 0 Å². The number of rotatable bonds is 3. The first-order chi connectivity index (χ1) is 10.7. The lowest BCUT2D eigenvalue weighted by Gasteiger charge is -2.31. The van der Waals surface area contributed by atoms with Crippen molar-refractivity contribution in [3.8, 4) is 0 Å². The van der Waals surface area contributed by atoms with Crippen LogP contribution in [0.2, 0.25) is 0 Å². The third-order valence-electron chi connectivity index (χ3n) is 2.47. The number of hydrogen-bond acceptors (Lipinski definition) is 5.